The van der Waals surface area contributed by atoms with Crippen LogP contribution in [0.1, 0.15) is 13.3 Å². The molecule has 4 nitrogen and oxygen atoms in total. The van der Waals surface area contributed by atoms with E-state index in [9.17, 15) is 8.42 Å². The van der Waals surface area contributed by atoms with Crippen LogP contribution in [0.5, 0.6) is 0 Å². The molecule has 0 aliphatic carbocycles. The number of nitrogens with one attached hydrogen (secondary N) is 2. The van der Waals surface area contributed by atoms with E-state index in [4.69, 9.17) is 0 Å². The van der Waals surface area contributed by atoms with Crippen molar-refractivity contribution >= 4 is 10.0 Å². The molecule has 0 rings (SSSR count). The number of hydrogen-bond donors (Lipinski definition) is 2. The van der Waals surface area contributed by atoms with Gasteiger partial charge in [-0.3, -0.25) is 0 Å². The van der Waals surface area contributed by atoms with Crippen molar-refractivity contribution in [1.82, 2.24) is 10.0 Å². The summed E-state index contributed by atoms with van der Waals surface area (Å²) in [7, 11) is -3.09. The van der Waals surface area contributed by atoms with Crippen LogP contribution in [0.15, 0.2) is 12.7 Å². The van der Waals surface area contributed by atoms with E-state index in [1.165, 1.54) is 0 Å². The van der Waals surface area contributed by atoms with E-state index in [1.807, 2.05) is 6.92 Å². The first kappa shape index (κ1) is 12.6. The monoisotopic (exact) mass is 206 g/mol. The van der Waals surface area contributed by atoms with E-state index in [0.29, 0.717) is 19.5 Å². The molecule has 0 atom stereocenters. The molecule has 78 valence electrons. The molecule has 0 fully saturated rings. The summed E-state index contributed by atoms with van der Waals surface area (Å²) in [6.07, 6.45) is 2.35. The molecule has 0 aromatic heterocycles. The van der Waals surface area contributed by atoms with Crippen molar-refractivity contribution in [2.75, 3.05) is 25.4 Å². The van der Waals surface area contributed by atoms with Gasteiger partial charge in [-0.15, -0.1) is 6.58 Å². The Kier molecular flexibility index (Phi) is 6.84. The minimum atomic E-state index is -3.09. The van der Waals surface area contributed by atoms with Crippen LogP contribution in [-0.4, -0.2) is 33.8 Å². The zero-order valence-electron chi connectivity index (χ0n) is 8.04. The summed E-state index contributed by atoms with van der Waals surface area (Å²) in [5, 5.41) is 2.96. The van der Waals surface area contributed by atoms with Crippen molar-refractivity contribution in [3.05, 3.63) is 12.7 Å². The van der Waals surface area contributed by atoms with E-state index in [2.05, 4.69) is 16.6 Å². The maximum atomic E-state index is 11.2. The Balaban J connectivity index is 3.61. The van der Waals surface area contributed by atoms with Gasteiger partial charge in [0.05, 0.1) is 5.75 Å². The molecule has 0 aliphatic rings. The molecular weight excluding hydrogens is 188 g/mol. The molecule has 0 aromatic carbocycles. The maximum absolute atomic E-state index is 11.2. The molecule has 0 saturated carbocycles. The van der Waals surface area contributed by atoms with Crippen molar-refractivity contribution in [2.45, 2.75) is 13.3 Å². The van der Waals surface area contributed by atoms with Crippen molar-refractivity contribution in [3.63, 3.8) is 0 Å². The van der Waals surface area contributed by atoms with Crippen molar-refractivity contribution < 1.29 is 8.42 Å². The second-order valence-electron chi connectivity index (χ2n) is 2.64. The van der Waals surface area contributed by atoms with Crippen molar-refractivity contribution in [2.24, 2.45) is 0 Å². The van der Waals surface area contributed by atoms with E-state index >= 15 is 0 Å². The highest BCUT2D eigenvalue weighted by atomic mass is 32.2. The van der Waals surface area contributed by atoms with E-state index in [-0.39, 0.29) is 5.75 Å². The zero-order chi connectivity index (χ0) is 10.2. The molecule has 0 aliphatic heterocycles. The third-order valence-corrected chi connectivity index (χ3v) is 2.85. The van der Waals surface area contributed by atoms with Gasteiger partial charge in [0.25, 0.3) is 0 Å². The highest BCUT2D eigenvalue weighted by Gasteiger charge is 2.06. The summed E-state index contributed by atoms with van der Waals surface area (Å²) >= 11 is 0. The van der Waals surface area contributed by atoms with E-state index in [0.717, 1.165) is 6.54 Å². The second kappa shape index (κ2) is 7.06. The lowest BCUT2D eigenvalue weighted by Gasteiger charge is -2.05. The number of rotatable bonds is 8. The first-order chi connectivity index (χ1) is 6.12. The van der Waals surface area contributed by atoms with Crippen LogP contribution in [0.3, 0.4) is 0 Å². The van der Waals surface area contributed by atoms with Gasteiger partial charge in [-0.05, 0) is 13.0 Å². The van der Waals surface area contributed by atoms with Crippen molar-refractivity contribution in [3.8, 4) is 0 Å². The standard InChI is InChI=1S/C8H18N2O2S/c1-3-5-6-10-13(11,12)8-7-9-4-2/h3,9-10H,1,4-8H2,2H3. The van der Waals surface area contributed by atoms with Crippen molar-refractivity contribution in [1.29, 1.82) is 0 Å². The fraction of sp³-hybridized carbons (Fsp3) is 0.750. The third kappa shape index (κ3) is 7.95. The molecule has 0 saturated heterocycles. The molecule has 2 N–H and O–H groups in total. The molecule has 0 aromatic rings. The van der Waals surface area contributed by atoms with Crippen LogP contribution in [-0.2, 0) is 10.0 Å². The summed E-state index contributed by atoms with van der Waals surface area (Å²) in [5.74, 6) is 0.137. The average molecular weight is 206 g/mol. The number of sulfonamides is 1. The van der Waals surface area contributed by atoms with Gasteiger partial charge < -0.3 is 5.32 Å². The minimum Gasteiger partial charge on any atom is -0.316 e. The van der Waals surface area contributed by atoms with Gasteiger partial charge in [-0.25, -0.2) is 13.1 Å². The molecule has 13 heavy (non-hydrogen) atoms. The Morgan fingerprint density at radius 2 is 2.08 bits per heavy atom. The quantitative estimate of drug-likeness (QED) is 0.437. The summed E-state index contributed by atoms with van der Waals surface area (Å²) in [6, 6.07) is 0. The van der Waals surface area contributed by atoms with Gasteiger partial charge in [0.2, 0.25) is 10.0 Å². The molecule has 0 spiro atoms. The predicted molar refractivity (Wildman–Crippen MR) is 55.1 cm³/mol. The fourth-order valence-electron chi connectivity index (χ4n) is 0.772. The molecule has 0 heterocycles. The topological polar surface area (TPSA) is 58.2 Å². The zero-order valence-corrected chi connectivity index (χ0v) is 8.86. The fourth-order valence-corrected chi connectivity index (χ4v) is 1.76. The Bertz CT molecular complexity index is 224. The summed E-state index contributed by atoms with van der Waals surface area (Å²) in [6.45, 7) is 7.19. The van der Waals surface area contributed by atoms with Crippen LogP contribution in [0.4, 0.5) is 0 Å². The highest BCUT2D eigenvalue weighted by molar-refractivity contribution is 7.89. The van der Waals surface area contributed by atoms with Gasteiger partial charge >= 0.3 is 0 Å². The lowest BCUT2D eigenvalue weighted by molar-refractivity contribution is 0.578. The Morgan fingerprint density at radius 3 is 2.62 bits per heavy atom. The lowest BCUT2D eigenvalue weighted by Crippen LogP contribution is -2.32. The van der Waals surface area contributed by atoms with Crippen LogP contribution in [0.2, 0.25) is 0 Å². The summed E-state index contributed by atoms with van der Waals surface area (Å²) in [5.41, 5.74) is 0. The van der Waals surface area contributed by atoms with Crippen LogP contribution >= 0.6 is 0 Å². The van der Waals surface area contributed by atoms with E-state index in [1.54, 1.807) is 6.08 Å². The average Bonchev–Trinajstić information content (AvgIpc) is 2.05. The second-order valence-corrected chi connectivity index (χ2v) is 4.57. The molecular formula is C8H18N2O2S. The minimum absolute atomic E-state index is 0.137. The smallest absolute Gasteiger partial charge is 0.212 e. The van der Waals surface area contributed by atoms with Gasteiger partial charge in [-0.1, -0.05) is 13.0 Å². The van der Waals surface area contributed by atoms with Gasteiger partial charge in [-0.2, -0.15) is 0 Å². The van der Waals surface area contributed by atoms with Crippen LogP contribution in [0.25, 0.3) is 0 Å². The first-order valence-corrected chi connectivity index (χ1v) is 6.06. The molecule has 0 bridgehead atoms. The maximum Gasteiger partial charge on any atom is 0.212 e. The first-order valence-electron chi connectivity index (χ1n) is 4.41. The third-order valence-electron chi connectivity index (χ3n) is 1.47. The van der Waals surface area contributed by atoms with Crippen LogP contribution in [0, 0.1) is 0 Å². The SMILES string of the molecule is C=CCCNS(=O)(=O)CCNCC. The van der Waals surface area contributed by atoms with E-state index < -0.39 is 10.0 Å². The predicted octanol–water partition coefficient (Wildman–Crippen LogP) is 0.0914. The summed E-state index contributed by atoms with van der Waals surface area (Å²) < 4.78 is 24.9. The van der Waals surface area contributed by atoms with Gasteiger partial charge in [0.15, 0.2) is 0 Å². The highest BCUT2D eigenvalue weighted by Crippen LogP contribution is 1.84. The number of hydrogen-bond acceptors (Lipinski definition) is 3. The van der Waals surface area contributed by atoms with Gasteiger partial charge in [0, 0.05) is 13.1 Å². The molecule has 0 radical (unpaired) electrons. The normalized spacial score (nSPS) is 11.5. The van der Waals surface area contributed by atoms with Gasteiger partial charge in [0.1, 0.15) is 0 Å². The molecule has 0 amide bonds. The Morgan fingerprint density at radius 1 is 1.38 bits per heavy atom. The largest absolute Gasteiger partial charge is 0.316 e. The Hall–Kier alpha value is -0.390. The Labute approximate surface area is 80.5 Å². The van der Waals surface area contributed by atoms with Crippen LogP contribution < -0.4 is 10.0 Å². The lowest BCUT2D eigenvalue weighted by atomic mass is 10.4. The molecule has 0 unspecified atom stereocenters. The summed E-state index contributed by atoms with van der Waals surface area (Å²) in [4.78, 5) is 0. The molecule has 5 heteroatoms.